The van der Waals surface area contributed by atoms with Crippen molar-refractivity contribution in [3.8, 4) is 5.75 Å². The number of hydrogen-bond acceptors (Lipinski definition) is 1. The van der Waals surface area contributed by atoms with Crippen molar-refractivity contribution in [1.82, 2.24) is 0 Å². The summed E-state index contributed by atoms with van der Waals surface area (Å²) >= 11 is 0. The maximum Gasteiger partial charge on any atom is 0.127 e. The molecule has 0 aromatic heterocycles. The second-order valence-corrected chi connectivity index (χ2v) is 2.84. The predicted molar refractivity (Wildman–Crippen MR) is 46.7 cm³/mol. The van der Waals surface area contributed by atoms with Crippen molar-refractivity contribution in [2.24, 2.45) is 0 Å². The lowest BCUT2D eigenvalue weighted by Gasteiger charge is -2.15. The average Bonchev–Trinajstić information content (AvgIpc) is 2.06. The molecule has 1 aromatic carbocycles. The number of para-hydroxylation sites is 1. The molecule has 1 aromatic rings. The van der Waals surface area contributed by atoms with Crippen LogP contribution in [-0.2, 0) is 5.11 Å². The van der Waals surface area contributed by atoms with E-state index < -0.39 is 6.10 Å². The first-order valence-corrected chi connectivity index (χ1v) is 4.07. The van der Waals surface area contributed by atoms with Gasteiger partial charge in [0.1, 0.15) is 18.0 Å². The van der Waals surface area contributed by atoms with Crippen LogP contribution < -0.4 is 4.74 Å². The van der Waals surface area contributed by atoms with Gasteiger partial charge in [0.2, 0.25) is 0 Å². The van der Waals surface area contributed by atoms with Crippen LogP contribution >= 0.6 is 0 Å². The van der Waals surface area contributed by atoms with Gasteiger partial charge in [0, 0.05) is 0 Å². The molecule has 0 fully saturated rings. The molecule has 0 saturated heterocycles. The molecule has 2 nitrogen and oxygen atoms in total. The summed E-state index contributed by atoms with van der Waals surface area (Å²) in [5.74, 6) is 0.757. The van der Waals surface area contributed by atoms with Crippen LogP contribution in [0.4, 0.5) is 0 Å². The highest BCUT2D eigenvalue weighted by Gasteiger charge is 2.10. The lowest BCUT2D eigenvalue weighted by atomic mass is 10.2. The minimum atomic E-state index is -0.690. The molecule has 1 radical (unpaired) electrons. The van der Waals surface area contributed by atoms with E-state index in [0.717, 1.165) is 5.75 Å². The fourth-order valence-electron chi connectivity index (χ4n) is 0.810. The maximum atomic E-state index is 10.9. The van der Waals surface area contributed by atoms with Crippen molar-refractivity contribution in [2.45, 2.75) is 26.1 Å². The molecule has 2 unspecified atom stereocenters. The fraction of sp³-hybridized carbons (Fsp3) is 0.400. The van der Waals surface area contributed by atoms with Crippen LogP contribution in [0.3, 0.4) is 0 Å². The third-order valence-corrected chi connectivity index (χ3v) is 1.73. The molecule has 0 aliphatic rings. The Bertz CT molecular complexity index is 219. The Kier molecular flexibility index (Phi) is 3.11. The second kappa shape index (κ2) is 4.12. The first-order chi connectivity index (χ1) is 5.70. The number of benzene rings is 1. The Hall–Kier alpha value is -1.02. The summed E-state index contributed by atoms with van der Waals surface area (Å²) < 4.78 is 5.36. The number of rotatable bonds is 3. The molecule has 0 aliphatic heterocycles. The summed E-state index contributed by atoms with van der Waals surface area (Å²) in [5, 5.41) is 10.9. The summed E-state index contributed by atoms with van der Waals surface area (Å²) in [5.41, 5.74) is 0. The zero-order valence-electron chi connectivity index (χ0n) is 7.36. The zero-order chi connectivity index (χ0) is 8.97. The highest BCUT2D eigenvalue weighted by atomic mass is 16.5. The maximum absolute atomic E-state index is 10.9. The van der Waals surface area contributed by atoms with Crippen LogP contribution in [0.2, 0.25) is 0 Å². The summed E-state index contributed by atoms with van der Waals surface area (Å²) in [7, 11) is 0. The minimum absolute atomic E-state index is 0.271. The van der Waals surface area contributed by atoms with Crippen LogP contribution in [0, 0.1) is 0 Å². The molecule has 0 bridgehead atoms. The van der Waals surface area contributed by atoms with Crippen molar-refractivity contribution in [3.63, 3.8) is 0 Å². The Morgan fingerprint density at radius 3 is 2.25 bits per heavy atom. The van der Waals surface area contributed by atoms with Crippen molar-refractivity contribution in [3.05, 3.63) is 30.3 Å². The van der Waals surface area contributed by atoms with Gasteiger partial charge in [0.05, 0.1) is 0 Å². The smallest absolute Gasteiger partial charge is 0.127 e. The summed E-state index contributed by atoms with van der Waals surface area (Å²) in [6, 6.07) is 9.38. The SMILES string of the molecule is CC([O])C(C)Oc1ccccc1. The summed E-state index contributed by atoms with van der Waals surface area (Å²) in [6.45, 7) is 3.39. The van der Waals surface area contributed by atoms with E-state index in [4.69, 9.17) is 4.74 Å². The highest BCUT2D eigenvalue weighted by molar-refractivity contribution is 5.21. The normalized spacial score (nSPS) is 15.2. The Balaban J connectivity index is 2.53. The predicted octanol–water partition coefficient (Wildman–Crippen LogP) is 2.27. The van der Waals surface area contributed by atoms with Crippen LogP contribution in [0.1, 0.15) is 13.8 Å². The van der Waals surface area contributed by atoms with E-state index in [0.29, 0.717) is 0 Å². The molecule has 0 saturated carbocycles. The van der Waals surface area contributed by atoms with Gasteiger partial charge in [-0.25, -0.2) is 5.11 Å². The van der Waals surface area contributed by atoms with Crippen LogP contribution in [-0.4, -0.2) is 12.2 Å². The standard InChI is InChI=1S/C10H13O2/c1-8(11)9(2)12-10-6-4-3-5-7-10/h3-9H,1-2H3. The molecule has 0 N–H and O–H groups in total. The van der Waals surface area contributed by atoms with E-state index >= 15 is 0 Å². The molecule has 12 heavy (non-hydrogen) atoms. The molecular weight excluding hydrogens is 152 g/mol. The molecule has 2 heteroatoms. The minimum Gasteiger partial charge on any atom is -0.488 e. The van der Waals surface area contributed by atoms with Crippen LogP contribution in [0.25, 0.3) is 0 Å². The molecule has 0 spiro atoms. The molecule has 0 amide bonds. The van der Waals surface area contributed by atoms with Gasteiger partial charge in [-0.2, -0.15) is 0 Å². The first kappa shape index (κ1) is 9.07. The van der Waals surface area contributed by atoms with E-state index in [1.807, 2.05) is 30.3 Å². The third kappa shape index (κ3) is 2.55. The van der Waals surface area contributed by atoms with E-state index in [2.05, 4.69) is 0 Å². The van der Waals surface area contributed by atoms with Gasteiger partial charge in [0.25, 0.3) is 0 Å². The van der Waals surface area contributed by atoms with Gasteiger partial charge in [-0.15, -0.1) is 0 Å². The van der Waals surface area contributed by atoms with Gasteiger partial charge in [0.15, 0.2) is 0 Å². The fourth-order valence-corrected chi connectivity index (χ4v) is 0.810. The average molecular weight is 165 g/mol. The molecule has 2 atom stereocenters. The van der Waals surface area contributed by atoms with Gasteiger partial charge in [-0.3, -0.25) is 0 Å². The molecule has 0 aliphatic carbocycles. The summed E-state index contributed by atoms with van der Waals surface area (Å²) in [4.78, 5) is 0. The second-order valence-electron chi connectivity index (χ2n) is 2.84. The Morgan fingerprint density at radius 2 is 1.75 bits per heavy atom. The molecule has 65 valence electrons. The van der Waals surface area contributed by atoms with Crippen molar-refractivity contribution in [2.75, 3.05) is 0 Å². The quantitative estimate of drug-likeness (QED) is 0.675. The topological polar surface area (TPSA) is 29.1 Å². The third-order valence-electron chi connectivity index (χ3n) is 1.73. The van der Waals surface area contributed by atoms with Crippen LogP contribution in [0.5, 0.6) is 5.75 Å². The van der Waals surface area contributed by atoms with Crippen molar-refractivity contribution in [1.29, 1.82) is 0 Å². The Morgan fingerprint density at radius 1 is 1.17 bits per heavy atom. The first-order valence-electron chi connectivity index (χ1n) is 4.07. The van der Waals surface area contributed by atoms with E-state index in [1.54, 1.807) is 13.8 Å². The lowest BCUT2D eigenvalue weighted by Crippen LogP contribution is -2.24. The number of ether oxygens (including phenoxy) is 1. The monoisotopic (exact) mass is 165 g/mol. The van der Waals surface area contributed by atoms with E-state index in [-0.39, 0.29) is 6.10 Å². The largest absolute Gasteiger partial charge is 0.488 e. The van der Waals surface area contributed by atoms with Crippen LogP contribution in [0.15, 0.2) is 30.3 Å². The van der Waals surface area contributed by atoms with E-state index in [9.17, 15) is 5.11 Å². The highest BCUT2D eigenvalue weighted by Crippen LogP contribution is 2.12. The molecule has 0 heterocycles. The molecular formula is C10H13O2. The van der Waals surface area contributed by atoms with Crippen molar-refractivity contribution >= 4 is 0 Å². The van der Waals surface area contributed by atoms with Gasteiger partial charge >= 0.3 is 0 Å². The van der Waals surface area contributed by atoms with Gasteiger partial charge in [-0.1, -0.05) is 18.2 Å². The summed E-state index contributed by atoms with van der Waals surface area (Å²) in [6.07, 6.45) is -0.961. The Labute approximate surface area is 72.8 Å². The van der Waals surface area contributed by atoms with Gasteiger partial charge < -0.3 is 4.74 Å². The zero-order valence-corrected chi connectivity index (χ0v) is 7.36. The van der Waals surface area contributed by atoms with E-state index in [1.165, 1.54) is 0 Å². The lowest BCUT2D eigenvalue weighted by molar-refractivity contribution is 0.00988. The van der Waals surface area contributed by atoms with Crippen molar-refractivity contribution < 1.29 is 9.84 Å². The molecule has 1 rings (SSSR count). The van der Waals surface area contributed by atoms with Gasteiger partial charge in [-0.05, 0) is 26.0 Å². The number of hydrogen-bond donors (Lipinski definition) is 0.